The van der Waals surface area contributed by atoms with Crippen LogP contribution in [0, 0.1) is 0 Å². The van der Waals surface area contributed by atoms with E-state index in [0.717, 1.165) is 38.5 Å². The van der Waals surface area contributed by atoms with Crippen LogP contribution in [0.25, 0.3) is 5.52 Å². The van der Waals surface area contributed by atoms with Crippen LogP contribution in [0.5, 0.6) is 5.75 Å². The molecule has 26 heavy (non-hydrogen) atoms. The molecule has 5 nitrogen and oxygen atoms in total. The first-order valence-electron chi connectivity index (χ1n) is 9.01. The van der Waals surface area contributed by atoms with E-state index < -0.39 is 6.67 Å². The molecule has 0 atom stereocenters. The molecule has 1 saturated heterocycles. The molecule has 1 aromatic carbocycles. The number of hydrogen-bond donors (Lipinski definition) is 0. The number of benzene rings is 1. The van der Waals surface area contributed by atoms with Crippen LogP contribution >= 0.6 is 0 Å². The first kappa shape index (κ1) is 16.8. The quantitative estimate of drug-likeness (QED) is 0.682. The molecule has 1 aliphatic rings. The van der Waals surface area contributed by atoms with Gasteiger partial charge in [0.15, 0.2) is 0 Å². The van der Waals surface area contributed by atoms with Gasteiger partial charge < -0.3 is 9.64 Å². The van der Waals surface area contributed by atoms with Crippen LogP contribution in [0.3, 0.4) is 0 Å². The Morgan fingerprint density at radius 3 is 2.58 bits per heavy atom. The van der Waals surface area contributed by atoms with E-state index in [9.17, 15) is 4.39 Å². The van der Waals surface area contributed by atoms with E-state index in [2.05, 4.69) is 39.2 Å². The van der Waals surface area contributed by atoms with Gasteiger partial charge in [0.1, 0.15) is 19.0 Å². The SMILES string of the molecule is [18F]CCOc1ccc(N2CCN(Cc3cnn4ccccc34)CC2)cc1. The Bertz CT molecular complexity index is 840. The topological polar surface area (TPSA) is 33.0 Å². The first-order valence-corrected chi connectivity index (χ1v) is 9.01. The number of hydrogen-bond acceptors (Lipinski definition) is 4. The van der Waals surface area contributed by atoms with Gasteiger partial charge in [0, 0.05) is 50.2 Å². The average Bonchev–Trinajstić information content (AvgIpc) is 3.10. The van der Waals surface area contributed by atoms with E-state index in [1.165, 1.54) is 16.8 Å². The molecule has 136 valence electrons. The molecule has 1 aliphatic heterocycles. The number of piperazine rings is 1. The number of nitrogens with zero attached hydrogens (tertiary/aromatic N) is 4. The molecule has 2 aromatic heterocycles. The minimum Gasteiger partial charge on any atom is -0.491 e. The number of pyridine rings is 1. The normalized spacial score (nSPS) is 15.5. The zero-order chi connectivity index (χ0) is 17.8. The predicted molar refractivity (Wildman–Crippen MR) is 101 cm³/mol. The van der Waals surface area contributed by atoms with Gasteiger partial charge in [0.25, 0.3) is 0 Å². The van der Waals surface area contributed by atoms with Crippen molar-refractivity contribution in [1.29, 1.82) is 0 Å². The summed E-state index contributed by atoms with van der Waals surface area (Å²) in [5.41, 5.74) is 3.64. The van der Waals surface area contributed by atoms with Crippen LogP contribution in [0.4, 0.5) is 10.1 Å². The zero-order valence-electron chi connectivity index (χ0n) is 14.7. The number of halogens is 1. The first-order chi connectivity index (χ1) is 12.8. The van der Waals surface area contributed by atoms with Crippen LogP contribution in [0.15, 0.2) is 54.9 Å². The zero-order valence-corrected chi connectivity index (χ0v) is 14.7. The van der Waals surface area contributed by atoms with E-state index >= 15 is 0 Å². The summed E-state index contributed by atoms with van der Waals surface area (Å²) in [7, 11) is 0. The number of anilines is 1. The Morgan fingerprint density at radius 2 is 1.81 bits per heavy atom. The van der Waals surface area contributed by atoms with Crippen molar-refractivity contribution in [3.63, 3.8) is 0 Å². The second kappa shape index (κ2) is 7.74. The highest BCUT2D eigenvalue weighted by molar-refractivity contribution is 5.53. The molecule has 0 radical (unpaired) electrons. The summed E-state index contributed by atoms with van der Waals surface area (Å²) in [4.78, 5) is 4.85. The van der Waals surface area contributed by atoms with Crippen LogP contribution < -0.4 is 9.64 Å². The second-order valence-corrected chi connectivity index (χ2v) is 6.49. The molecule has 1 fully saturated rings. The Morgan fingerprint density at radius 1 is 1.00 bits per heavy atom. The summed E-state index contributed by atoms with van der Waals surface area (Å²) in [5.74, 6) is 0.720. The molecule has 0 saturated carbocycles. The molecule has 0 amide bonds. The molecule has 0 spiro atoms. The molecule has 3 heterocycles. The van der Waals surface area contributed by atoms with Crippen LogP contribution in [0.2, 0.25) is 0 Å². The van der Waals surface area contributed by atoms with Gasteiger partial charge in [0.2, 0.25) is 0 Å². The fourth-order valence-electron chi connectivity index (χ4n) is 3.42. The van der Waals surface area contributed by atoms with Crippen molar-refractivity contribution >= 4 is 11.2 Å². The van der Waals surface area contributed by atoms with Gasteiger partial charge in [-0.1, -0.05) is 6.07 Å². The number of alkyl halides is 1. The Kier molecular flexibility index (Phi) is 5.02. The smallest absolute Gasteiger partial charge is 0.123 e. The summed E-state index contributed by atoms with van der Waals surface area (Å²) in [6, 6.07) is 14.1. The molecule has 0 unspecified atom stereocenters. The maximum absolute atomic E-state index is 12.2. The monoisotopic (exact) mass is 353 g/mol. The standard InChI is InChI=1S/C20H23FN4O/c21-8-14-26-19-6-4-18(5-7-19)24-12-10-23(11-13-24)16-17-15-22-25-9-2-1-3-20(17)25/h1-7,9,15H,8,10-14,16H2/i21-1. The molecule has 0 bridgehead atoms. The number of ether oxygens (including phenoxy) is 1. The fraction of sp³-hybridized carbons (Fsp3) is 0.350. The lowest BCUT2D eigenvalue weighted by Gasteiger charge is -2.36. The highest BCUT2D eigenvalue weighted by atomic mass is 18.2. The number of aromatic nitrogens is 2. The molecule has 6 heteroatoms. The Balaban J connectivity index is 1.34. The molecule has 4 rings (SSSR count). The van der Waals surface area contributed by atoms with Gasteiger partial charge in [-0.2, -0.15) is 5.10 Å². The third kappa shape index (κ3) is 3.65. The van der Waals surface area contributed by atoms with Gasteiger partial charge in [0.05, 0.1) is 11.7 Å². The minimum atomic E-state index is -0.462. The average molecular weight is 353 g/mol. The second-order valence-electron chi connectivity index (χ2n) is 6.49. The van der Waals surface area contributed by atoms with E-state index in [1.807, 2.05) is 35.1 Å². The minimum absolute atomic E-state index is 0.113. The lowest BCUT2D eigenvalue weighted by Crippen LogP contribution is -2.45. The third-order valence-corrected chi connectivity index (χ3v) is 4.82. The summed E-state index contributed by atoms with van der Waals surface area (Å²) in [5, 5.41) is 4.42. The maximum Gasteiger partial charge on any atom is 0.123 e. The molecule has 0 N–H and O–H groups in total. The van der Waals surface area contributed by atoms with E-state index in [-0.39, 0.29) is 6.61 Å². The summed E-state index contributed by atoms with van der Waals surface area (Å²) in [6.07, 6.45) is 3.95. The predicted octanol–water partition coefficient (Wildman–Crippen LogP) is 3.00. The maximum atomic E-state index is 12.2. The Hall–Kier alpha value is -2.60. The third-order valence-electron chi connectivity index (χ3n) is 4.82. The largest absolute Gasteiger partial charge is 0.491 e. The summed E-state index contributed by atoms with van der Waals surface area (Å²) in [6.45, 7) is 4.59. The highest BCUT2D eigenvalue weighted by Gasteiger charge is 2.18. The van der Waals surface area contributed by atoms with E-state index in [0.29, 0.717) is 0 Å². The molecular formula is C20H23FN4O. The van der Waals surface area contributed by atoms with Crippen LogP contribution in [-0.2, 0) is 6.54 Å². The van der Waals surface area contributed by atoms with Crippen molar-refractivity contribution in [2.45, 2.75) is 6.54 Å². The van der Waals surface area contributed by atoms with Gasteiger partial charge >= 0.3 is 0 Å². The van der Waals surface area contributed by atoms with Crippen molar-refractivity contribution < 1.29 is 9.13 Å². The number of rotatable bonds is 6. The molecular weight excluding hydrogens is 330 g/mol. The van der Waals surface area contributed by atoms with Crippen LogP contribution in [-0.4, -0.2) is 54.0 Å². The lowest BCUT2D eigenvalue weighted by atomic mass is 10.2. The van der Waals surface area contributed by atoms with Crippen molar-refractivity contribution in [2.24, 2.45) is 0 Å². The lowest BCUT2D eigenvalue weighted by molar-refractivity contribution is 0.250. The van der Waals surface area contributed by atoms with Gasteiger partial charge in [-0.3, -0.25) is 4.90 Å². The van der Waals surface area contributed by atoms with Crippen molar-refractivity contribution in [3.05, 3.63) is 60.4 Å². The van der Waals surface area contributed by atoms with Gasteiger partial charge in [-0.15, -0.1) is 0 Å². The van der Waals surface area contributed by atoms with Gasteiger partial charge in [-0.05, 0) is 36.4 Å². The van der Waals surface area contributed by atoms with Crippen molar-refractivity contribution in [3.8, 4) is 5.75 Å². The fourth-order valence-corrected chi connectivity index (χ4v) is 3.42. The van der Waals surface area contributed by atoms with Crippen molar-refractivity contribution in [2.75, 3.05) is 44.4 Å². The van der Waals surface area contributed by atoms with Crippen LogP contribution in [0.1, 0.15) is 5.56 Å². The van der Waals surface area contributed by atoms with E-state index in [1.54, 1.807) is 0 Å². The molecule has 0 aliphatic carbocycles. The highest BCUT2D eigenvalue weighted by Crippen LogP contribution is 2.22. The van der Waals surface area contributed by atoms with E-state index in [4.69, 9.17) is 4.74 Å². The van der Waals surface area contributed by atoms with Crippen molar-refractivity contribution in [1.82, 2.24) is 14.5 Å². The molecule has 3 aromatic rings. The Labute approximate surface area is 152 Å². The summed E-state index contributed by atoms with van der Waals surface area (Å²) < 4.78 is 19.4. The van der Waals surface area contributed by atoms with Gasteiger partial charge in [-0.25, -0.2) is 8.91 Å². The number of fused-ring (bicyclic) bond motifs is 1. The summed E-state index contributed by atoms with van der Waals surface area (Å²) >= 11 is 0.